The van der Waals surface area contributed by atoms with Crippen LogP contribution in [0.5, 0.6) is 5.75 Å². The summed E-state index contributed by atoms with van der Waals surface area (Å²) in [6.45, 7) is 6.91. The van der Waals surface area contributed by atoms with E-state index >= 15 is 0 Å². The number of nitrogens with one attached hydrogen (secondary N) is 1. The van der Waals surface area contributed by atoms with Crippen molar-refractivity contribution in [2.24, 2.45) is 0 Å². The van der Waals surface area contributed by atoms with Crippen molar-refractivity contribution in [2.75, 3.05) is 58.4 Å². The summed E-state index contributed by atoms with van der Waals surface area (Å²) in [6.07, 6.45) is 1.87. The fourth-order valence-electron chi connectivity index (χ4n) is 4.87. The van der Waals surface area contributed by atoms with E-state index in [1.165, 1.54) is 23.5 Å². The zero-order valence-electron chi connectivity index (χ0n) is 24.7. The first-order valence-electron chi connectivity index (χ1n) is 14.2. The molecule has 10 nitrogen and oxygen atoms in total. The number of imidazole rings is 1. The van der Waals surface area contributed by atoms with Gasteiger partial charge in [-0.2, -0.15) is 4.31 Å². The number of morpholine rings is 1. The Kier molecular flexibility index (Phi) is 9.56. The van der Waals surface area contributed by atoms with Crippen LogP contribution in [0.2, 0.25) is 0 Å². The number of carbonyl (C=O) groups is 1. The van der Waals surface area contributed by atoms with Gasteiger partial charge in [0.1, 0.15) is 5.75 Å². The summed E-state index contributed by atoms with van der Waals surface area (Å²) >= 11 is 0. The zero-order chi connectivity index (χ0) is 30.4. The van der Waals surface area contributed by atoms with Crippen LogP contribution >= 0.6 is 0 Å². The maximum absolute atomic E-state index is 13.8. The second-order valence-electron chi connectivity index (χ2n) is 10.5. The highest BCUT2D eigenvalue weighted by molar-refractivity contribution is 7.89. The molecule has 0 unspecified atom stereocenters. The Hall–Kier alpha value is -4.03. The molecular formula is C32H37N5O5S. The van der Waals surface area contributed by atoms with Gasteiger partial charge in [-0.1, -0.05) is 36.4 Å². The smallest absolute Gasteiger partial charge is 0.243 e. The van der Waals surface area contributed by atoms with E-state index in [9.17, 15) is 13.2 Å². The molecule has 1 aromatic heterocycles. The Labute approximate surface area is 252 Å². The average molecular weight is 604 g/mol. The van der Waals surface area contributed by atoms with E-state index in [1.54, 1.807) is 12.1 Å². The number of anilines is 1. The molecule has 0 radical (unpaired) electrons. The van der Waals surface area contributed by atoms with Crippen molar-refractivity contribution in [2.45, 2.75) is 18.7 Å². The molecular weight excluding hydrogens is 566 g/mol. The van der Waals surface area contributed by atoms with Crippen molar-refractivity contribution in [1.29, 1.82) is 0 Å². The number of carbonyl (C=O) groups excluding carboxylic acids is 1. The summed E-state index contributed by atoms with van der Waals surface area (Å²) in [5.74, 6) is 0.361. The van der Waals surface area contributed by atoms with Crippen molar-refractivity contribution in [1.82, 2.24) is 18.8 Å². The van der Waals surface area contributed by atoms with Gasteiger partial charge in [-0.3, -0.25) is 19.6 Å². The molecule has 0 spiro atoms. The number of benzene rings is 3. The van der Waals surface area contributed by atoms with E-state index < -0.39 is 15.9 Å². The van der Waals surface area contributed by atoms with Crippen molar-refractivity contribution in [3.05, 3.63) is 90.1 Å². The van der Waals surface area contributed by atoms with Crippen LogP contribution in [0.3, 0.4) is 0 Å². The Morgan fingerprint density at radius 2 is 1.72 bits per heavy atom. The second-order valence-corrected chi connectivity index (χ2v) is 12.4. The van der Waals surface area contributed by atoms with Gasteiger partial charge in [-0.25, -0.2) is 13.4 Å². The van der Waals surface area contributed by atoms with Crippen LogP contribution in [0.15, 0.2) is 83.9 Å². The first-order chi connectivity index (χ1) is 20.7. The molecule has 43 heavy (non-hydrogen) atoms. The van der Waals surface area contributed by atoms with Gasteiger partial charge in [0.25, 0.3) is 0 Å². The third kappa shape index (κ3) is 7.31. The third-order valence-electron chi connectivity index (χ3n) is 7.58. The third-order valence-corrected chi connectivity index (χ3v) is 9.44. The topological polar surface area (TPSA) is 106 Å². The van der Waals surface area contributed by atoms with Gasteiger partial charge in [0.2, 0.25) is 21.9 Å². The standard InChI is InChI=1S/C32H37N5O5S/c1-24-9-10-27(21-25(24)2)37-22-30(26-7-5-4-6-8-26)33-32(37)34-31(38)23-36(16-15-35-17-19-42-20-18-35)43(39,40)29-13-11-28(41-3)12-14-29/h4-14,21-22H,15-20,23H2,1-3H3,(H,33,34,38). The molecule has 1 aliphatic rings. The number of amides is 1. The van der Waals surface area contributed by atoms with E-state index in [4.69, 9.17) is 14.5 Å². The van der Waals surface area contributed by atoms with E-state index in [0.717, 1.165) is 22.4 Å². The first-order valence-corrected chi connectivity index (χ1v) is 15.7. The molecule has 3 aromatic carbocycles. The molecule has 1 fully saturated rings. The molecule has 0 atom stereocenters. The van der Waals surface area contributed by atoms with Gasteiger partial charge in [0.15, 0.2) is 0 Å². The number of sulfonamides is 1. The number of rotatable bonds is 11. The van der Waals surface area contributed by atoms with Crippen LogP contribution in [0.25, 0.3) is 16.9 Å². The number of aromatic nitrogens is 2. The highest BCUT2D eigenvalue weighted by Crippen LogP contribution is 2.26. The van der Waals surface area contributed by atoms with E-state index in [1.807, 2.05) is 73.1 Å². The fourth-order valence-corrected chi connectivity index (χ4v) is 6.26. The van der Waals surface area contributed by atoms with Gasteiger partial charge >= 0.3 is 0 Å². The van der Waals surface area contributed by atoms with E-state index in [-0.39, 0.29) is 18.0 Å². The molecule has 0 saturated carbocycles. The average Bonchev–Trinajstić information content (AvgIpc) is 3.45. The number of nitrogens with zero attached hydrogens (tertiary/aromatic N) is 4. The lowest BCUT2D eigenvalue weighted by atomic mass is 10.1. The van der Waals surface area contributed by atoms with Crippen LogP contribution in [0.4, 0.5) is 5.95 Å². The molecule has 226 valence electrons. The molecule has 2 heterocycles. The van der Waals surface area contributed by atoms with Gasteiger partial charge in [0, 0.05) is 43.6 Å². The van der Waals surface area contributed by atoms with Crippen molar-refractivity contribution in [3.8, 4) is 22.7 Å². The fraction of sp³-hybridized carbons (Fsp3) is 0.312. The maximum Gasteiger partial charge on any atom is 0.243 e. The summed E-state index contributed by atoms with van der Waals surface area (Å²) in [5.41, 5.74) is 4.67. The highest BCUT2D eigenvalue weighted by atomic mass is 32.2. The van der Waals surface area contributed by atoms with Gasteiger partial charge in [-0.15, -0.1) is 0 Å². The van der Waals surface area contributed by atoms with Crippen LogP contribution in [-0.4, -0.2) is 86.1 Å². The normalized spacial score (nSPS) is 14.1. The molecule has 5 rings (SSSR count). The Bertz CT molecular complexity index is 1650. The molecule has 1 amide bonds. The molecule has 1 aliphatic heterocycles. The monoisotopic (exact) mass is 603 g/mol. The lowest BCUT2D eigenvalue weighted by Gasteiger charge is -2.29. The number of ether oxygens (including phenoxy) is 2. The quantitative estimate of drug-likeness (QED) is 0.275. The van der Waals surface area contributed by atoms with E-state index in [0.29, 0.717) is 50.2 Å². The summed E-state index contributed by atoms with van der Waals surface area (Å²) in [5, 5.41) is 2.90. The largest absolute Gasteiger partial charge is 0.497 e. The van der Waals surface area contributed by atoms with Crippen LogP contribution < -0.4 is 10.1 Å². The number of hydrogen-bond donors (Lipinski definition) is 1. The lowest BCUT2D eigenvalue weighted by Crippen LogP contribution is -2.45. The minimum Gasteiger partial charge on any atom is -0.497 e. The Morgan fingerprint density at radius 3 is 2.40 bits per heavy atom. The van der Waals surface area contributed by atoms with Gasteiger partial charge < -0.3 is 9.47 Å². The van der Waals surface area contributed by atoms with Gasteiger partial charge in [0.05, 0.1) is 37.5 Å². The predicted octanol–water partition coefficient (Wildman–Crippen LogP) is 4.13. The first kappa shape index (κ1) is 30.4. The molecule has 0 aliphatic carbocycles. The van der Waals surface area contributed by atoms with Crippen LogP contribution in [0, 0.1) is 13.8 Å². The minimum atomic E-state index is -3.99. The maximum atomic E-state index is 13.8. The molecule has 1 N–H and O–H groups in total. The molecule has 4 aromatic rings. The lowest BCUT2D eigenvalue weighted by molar-refractivity contribution is -0.116. The highest BCUT2D eigenvalue weighted by Gasteiger charge is 2.28. The summed E-state index contributed by atoms with van der Waals surface area (Å²) in [7, 11) is -2.47. The van der Waals surface area contributed by atoms with E-state index in [2.05, 4.69) is 10.2 Å². The molecule has 0 bridgehead atoms. The summed E-state index contributed by atoms with van der Waals surface area (Å²) < 4.78 is 41.2. The molecule has 11 heteroatoms. The predicted molar refractivity (Wildman–Crippen MR) is 166 cm³/mol. The van der Waals surface area contributed by atoms with Crippen molar-refractivity contribution >= 4 is 21.9 Å². The van der Waals surface area contributed by atoms with Gasteiger partial charge in [-0.05, 0) is 61.4 Å². The SMILES string of the molecule is COc1ccc(S(=O)(=O)N(CCN2CCOCC2)CC(=O)Nc2nc(-c3ccccc3)cn2-c2ccc(C)c(C)c2)cc1. The zero-order valence-corrected chi connectivity index (χ0v) is 25.5. The van der Waals surface area contributed by atoms with Crippen LogP contribution in [0.1, 0.15) is 11.1 Å². The Morgan fingerprint density at radius 1 is 1.00 bits per heavy atom. The second kappa shape index (κ2) is 13.5. The molecule has 1 saturated heterocycles. The number of methoxy groups -OCH3 is 1. The number of aryl methyl sites for hydroxylation is 2. The summed E-state index contributed by atoms with van der Waals surface area (Å²) in [6, 6.07) is 21.9. The summed E-state index contributed by atoms with van der Waals surface area (Å²) in [4.78, 5) is 20.5. The van der Waals surface area contributed by atoms with Crippen LogP contribution in [-0.2, 0) is 19.6 Å². The Balaban J connectivity index is 1.43. The number of hydrogen-bond acceptors (Lipinski definition) is 7. The minimum absolute atomic E-state index is 0.0890. The van der Waals surface area contributed by atoms with Crippen molar-refractivity contribution in [3.63, 3.8) is 0 Å². The van der Waals surface area contributed by atoms with Crippen molar-refractivity contribution < 1.29 is 22.7 Å².